The van der Waals surface area contributed by atoms with Crippen LogP contribution in [0.4, 0.5) is 0 Å². The van der Waals surface area contributed by atoms with Crippen LogP contribution in [0.3, 0.4) is 0 Å². The molecular formula is C20H33N3O4S. The standard InChI is InChI=1S/C20H33N3O4S/c1-14(2)18-19-16(23(20(18)25)28(4,26)27)10-13-22(19)17(24)7-5-6-15-8-11-21(3)12-9-15/h10,14-15,18-19H,5-9,11-13H2,1-4H3/t18-,19+/m1/s1. The number of amides is 2. The van der Waals surface area contributed by atoms with Gasteiger partial charge >= 0.3 is 0 Å². The second-order valence-electron chi connectivity index (χ2n) is 8.89. The number of carbonyl (C=O) groups is 2. The van der Waals surface area contributed by atoms with E-state index in [1.54, 1.807) is 11.0 Å². The fraction of sp³-hybridized carbons (Fsp3) is 0.800. The summed E-state index contributed by atoms with van der Waals surface area (Å²) in [6.07, 6.45) is 7.54. The van der Waals surface area contributed by atoms with Gasteiger partial charge in [-0.15, -0.1) is 0 Å². The van der Waals surface area contributed by atoms with Gasteiger partial charge in [-0.1, -0.05) is 13.8 Å². The van der Waals surface area contributed by atoms with Gasteiger partial charge in [-0.25, -0.2) is 12.7 Å². The second-order valence-corrected chi connectivity index (χ2v) is 10.7. The molecule has 28 heavy (non-hydrogen) atoms. The van der Waals surface area contributed by atoms with Gasteiger partial charge in [0.15, 0.2) is 0 Å². The number of nitrogens with zero attached hydrogens (tertiary/aromatic N) is 3. The molecule has 0 aromatic heterocycles. The maximum absolute atomic E-state index is 12.9. The van der Waals surface area contributed by atoms with Crippen molar-refractivity contribution in [2.45, 2.75) is 52.0 Å². The molecule has 0 bridgehead atoms. The Bertz CT molecular complexity index is 753. The number of fused-ring (bicyclic) bond motifs is 1. The quantitative estimate of drug-likeness (QED) is 0.664. The van der Waals surface area contributed by atoms with Crippen LogP contribution in [-0.4, -0.2) is 73.3 Å². The number of piperidine rings is 1. The summed E-state index contributed by atoms with van der Waals surface area (Å²) in [6, 6.07) is -0.446. The molecule has 0 aromatic rings. The lowest BCUT2D eigenvalue weighted by Gasteiger charge is -2.30. The van der Waals surface area contributed by atoms with Crippen molar-refractivity contribution in [2.75, 3.05) is 32.9 Å². The Morgan fingerprint density at radius 1 is 1.25 bits per heavy atom. The monoisotopic (exact) mass is 411 g/mol. The maximum atomic E-state index is 12.9. The number of carbonyl (C=O) groups excluding carboxylic acids is 2. The first kappa shape index (κ1) is 21.3. The molecule has 3 heterocycles. The van der Waals surface area contributed by atoms with E-state index in [9.17, 15) is 18.0 Å². The van der Waals surface area contributed by atoms with Crippen molar-refractivity contribution in [1.29, 1.82) is 0 Å². The van der Waals surface area contributed by atoms with E-state index in [-0.39, 0.29) is 11.8 Å². The van der Waals surface area contributed by atoms with Gasteiger partial charge in [-0.3, -0.25) is 9.59 Å². The Morgan fingerprint density at radius 3 is 2.46 bits per heavy atom. The van der Waals surface area contributed by atoms with Crippen LogP contribution in [-0.2, 0) is 19.6 Å². The van der Waals surface area contributed by atoms with Crippen molar-refractivity contribution in [1.82, 2.24) is 14.1 Å². The smallest absolute Gasteiger partial charge is 0.246 e. The summed E-state index contributed by atoms with van der Waals surface area (Å²) in [5.41, 5.74) is 0.467. The summed E-state index contributed by atoms with van der Waals surface area (Å²) >= 11 is 0. The fourth-order valence-electron chi connectivity index (χ4n) is 4.86. The molecule has 3 aliphatic heterocycles. The Kier molecular flexibility index (Phi) is 6.20. The largest absolute Gasteiger partial charge is 0.330 e. The van der Waals surface area contributed by atoms with Crippen LogP contribution in [0.2, 0.25) is 0 Å². The van der Waals surface area contributed by atoms with Crippen LogP contribution in [0.25, 0.3) is 0 Å². The lowest BCUT2D eigenvalue weighted by Crippen LogP contribution is -2.42. The highest BCUT2D eigenvalue weighted by atomic mass is 32.2. The van der Waals surface area contributed by atoms with Crippen molar-refractivity contribution in [3.05, 3.63) is 11.8 Å². The predicted molar refractivity (Wildman–Crippen MR) is 108 cm³/mol. The van der Waals surface area contributed by atoms with Gasteiger partial charge in [0.1, 0.15) is 0 Å². The van der Waals surface area contributed by atoms with E-state index in [1.165, 1.54) is 12.8 Å². The van der Waals surface area contributed by atoms with Crippen molar-refractivity contribution < 1.29 is 18.0 Å². The molecule has 158 valence electrons. The minimum Gasteiger partial charge on any atom is -0.330 e. The van der Waals surface area contributed by atoms with Crippen LogP contribution in [0.5, 0.6) is 0 Å². The normalized spacial score (nSPS) is 26.9. The second kappa shape index (κ2) is 8.14. The fourth-order valence-corrected chi connectivity index (χ4v) is 5.88. The summed E-state index contributed by atoms with van der Waals surface area (Å²) in [5, 5.41) is 0. The minimum absolute atomic E-state index is 0.0259. The molecule has 0 aromatic carbocycles. The van der Waals surface area contributed by atoms with E-state index in [0.29, 0.717) is 24.6 Å². The molecule has 2 amide bonds. The third-order valence-electron chi connectivity index (χ3n) is 6.41. The highest BCUT2D eigenvalue weighted by Gasteiger charge is 2.54. The molecule has 0 unspecified atom stereocenters. The Balaban J connectivity index is 1.64. The van der Waals surface area contributed by atoms with Gasteiger partial charge < -0.3 is 9.80 Å². The van der Waals surface area contributed by atoms with Gasteiger partial charge in [0, 0.05) is 13.0 Å². The number of likely N-dealkylation sites (tertiary alicyclic amines) is 1. The molecule has 3 rings (SSSR count). The van der Waals surface area contributed by atoms with Gasteiger partial charge in [0.2, 0.25) is 21.8 Å². The molecule has 0 spiro atoms. The van der Waals surface area contributed by atoms with Gasteiger partial charge in [-0.05, 0) is 63.7 Å². The Hall–Kier alpha value is -1.41. The molecule has 7 nitrogen and oxygen atoms in total. The van der Waals surface area contributed by atoms with Crippen LogP contribution in [0.1, 0.15) is 46.0 Å². The van der Waals surface area contributed by atoms with E-state index in [2.05, 4.69) is 11.9 Å². The molecule has 0 radical (unpaired) electrons. The summed E-state index contributed by atoms with van der Waals surface area (Å²) in [4.78, 5) is 29.8. The highest BCUT2D eigenvalue weighted by molar-refractivity contribution is 7.89. The van der Waals surface area contributed by atoms with Crippen molar-refractivity contribution >= 4 is 21.8 Å². The summed E-state index contributed by atoms with van der Waals surface area (Å²) in [7, 11) is -1.54. The van der Waals surface area contributed by atoms with Gasteiger partial charge in [-0.2, -0.15) is 0 Å². The number of hydrogen-bond acceptors (Lipinski definition) is 5. The zero-order valence-corrected chi connectivity index (χ0v) is 18.2. The van der Waals surface area contributed by atoms with Crippen LogP contribution in [0.15, 0.2) is 11.8 Å². The lowest BCUT2D eigenvalue weighted by atomic mass is 9.89. The first-order chi connectivity index (χ1) is 13.1. The van der Waals surface area contributed by atoms with Crippen molar-refractivity contribution in [2.24, 2.45) is 17.8 Å². The average Bonchev–Trinajstić information content (AvgIpc) is 3.11. The summed E-state index contributed by atoms with van der Waals surface area (Å²) < 4.78 is 25.2. The molecule has 2 fully saturated rings. The highest BCUT2D eigenvalue weighted by Crippen LogP contribution is 2.41. The molecule has 2 saturated heterocycles. The number of sulfonamides is 1. The zero-order valence-electron chi connectivity index (χ0n) is 17.4. The SMILES string of the molecule is CC(C)[C@H]1C(=O)N(S(C)(=O)=O)C2=CCN(C(=O)CCCC3CCN(C)CC3)[C@@H]21. The Labute approximate surface area is 168 Å². The number of rotatable bonds is 6. The third kappa shape index (κ3) is 4.13. The molecule has 2 atom stereocenters. The third-order valence-corrected chi connectivity index (χ3v) is 7.46. The molecule has 0 saturated carbocycles. The average molecular weight is 412 g/mol. The van der Waals surface area contributed by atoms with Gasteiger partial charge in [0.25, 0.3) is 0 Å². The molecule has 8 heteroatoms. The topological polar surface area (TPSA) is 78.0 Å². The van der Waals surface area contributed by atoms with Crippen LogP contribution in [0, 0.1) is 17.8 Å². The summed E-state index contributed by atoms with van der Waals surface area (Å²) in [5.74, 6) is -0.231. The van der Waals surface area contributed by atoms with Crippen LogP contribution >= 0.6 is 0 Å². The summed E-state index contributed by atoms with van der Waals surface area (Å²) in [6.45, 7) is 6.45. The predicted octanol–water partition coefficient (Wildman–Crippen LogP) is 1.67. The van der Waals surface area contributed by atoms with E-state index >= 15 is 0 Å². The van der Waals surface area contributed by atoms with E-state index in [0.717, 1.165) is 36.5 Å². The van der Waals surface area contributed by atoms with E-state index < -0.39 is 27.9 Å². The molecule has 0 N–H and O–H groups in total. The first-order valence-corrected chi connectivity index (χ1v) is 12.2. The van der Waals surface area contributed by atoms with Gasteiger partial charge in [0.05, 0.1) is 23.9 Å². The molecular weight excluding hydrogens is 378 g/mol. The molecule has 0 aliphatic carbocycles. The minimum atomic E-state index is -3.68. The molecule has 3 aliphatic rings. The van der Waals surface area contributed by atoms with E-state index in [4.69, 9.17) is 0 Å². The van der Waals surface area contributed by atoms with Crippen molar-refractivity contribution in [3.8, 4) is 0 Å². The first-order valence-electron chi connectivity index (χ1n) is 10.3. The van der Waals surface area contributed by atoms with Crippen LogP contribution < -0.4 is 0 Å². The zero-order chi connectivity index (χ0) is 20.6. The number of hydrogen-bond donors (Lipinski definition) is 0. The lowest BCUT2D eigenvalue weighted by molar-refractivity contribution is -0.134. The Morgan fingerprint density at radius 2 is 1.89 bits per heavy atom. The maximum Gasteiger partial charge on any atom is 0.246 e. The van der Waals surface area contributed by atoms with E-state index in [1.807, 2.05) is 13.8 Å². The van der Waals surface area contributed by atoms with Crippen molar-refractivity contribution in [3.63, 3.8) is 0 Å².